The van der Waals surface area contributed by atoms with Crippen molar-refractivity contribution in [1.29, 1.82) is 0 Å². The molecule has 0 N–H and O–H groups in total. The molecule has 0 saturated carbocycles. The molecule has 3 aromatic carbocycles. The zero-order valence-corrected chi connectivity index (χ0v) is 34.5. The quantitative estimate of drug-likeness (QED) is 0.131. The molecule has 3 aromatic heterocycles. The van der Waals surface area contributed by atoms with Crippen LogP contribution in [-0.4, -0.2) is 15.0 Å². The monoisotopic (exact) mass is 931 g/mol. The number of rotatable bonds is 3. The Hall–Kier alpha value is -4.66. The van der Waals surface area contributed by atoms with Crippen LogP contribution < -0.4 is 0 Å². The van der Waals surface area contributed by atoms with Gasteiger partial charge in [0.05, 0.1) is 0 Å². The molecule has 0 radical (unpaired) electrons. The maximum absolute atomic E-state index is 13.7. The van der Waals surface area contributed by atoms with Gasteiger partial charge in [0.25, 0.3) is 0 Å². The molecule has 288 valence electrons. The van der Waals surface area contributed by atoms with Crippen LogP contribution in [0, 0.1) is 53.1 Å². The second-order valence-corrected chi connectivity index (χ2v) is 15.7. The average molecular weight is 931 g/mol. The Morgan fingerprint density at radius 2 is 0.636 bits per heavy atom. The summed E-state index contributed by atoms with van der Waals surface area (Å²) in [4.78, 5) is 12.4. The Balaban J connectivity index is 0.000000220. The van der Waals surface area contributed by atoms with Gasteiger partial charge >= 0.3 is 20.1 Å². The molecule has 55 heavy (non-hydrogen) atoms. The van der Waals surface area contributed by atoms with Gasteiger partial charge in [-0.2, -0.15) is 0 Å². The molecule has 0 aliphatic carbocycles. The van der Waals surface area contributed by atoms with E-state index in [-0.39, 0.29) is 53.0 Å². The normalized spacial score (nSPS) is 11.4. The van der Waals surface area contributed by atoms with Crippen LogP contribution in [0.5, 0.6) is 0 Å². The van der Waals surface area contributed by atoms with Crippen molar-refractivity contribution >= 4 is 0 Å². The predicted octanol–water partition coefficient (Wildman–Crippen LogP) is 12.4. The maximum Gasteiger partial charge on any atom is 3.00 e. The van der Waals surface area contributed by atoms with Crippen LogP contribution in [0.4, 0.5) is 26.3 Å². The fraction of sp³-hybridized carbons (Fsp3) is 0.267. The summed E-state index contributed by atoms with van der Waals surface area (Å²) in [5.41, 5.74) is 5.00. The van der Waals surface area contributed by atoms with Crippen molar-refractivity contribution in [3.8, 4) is 33.8 Å². The van der Waals surface area contributed by atoms with Crippen molar-refractivity contribution in [3.05, 3.63) is 161 Å². The van der Waals surface area contributed by atoms with Crippen molar-refractivity contribution < 1.29 is 46.4 Å². The van der Waals surface area contributed by atoms with Gasteiger partial charge in [-0.25, -0.2) is 0 Å². The summed E-state index contributed by atoms with van der Waals surface area (Å²) in [5, 5.41) is 0. The van der Waals surface area contributed by atoms with Crippen LogP contribution in [0.15, 0.2) is 91.4 Å². The molecule has 0 aliphatic rings. The summed E-state index contributed by atoms with van der Waals surface area (Å²) in [6, 6.07) is 24.8. The molecule has 0 spiro atoms. The fourth-order valence-corrected chi connectivity index (χ4v) is 5.03. The minimum atomic E-state index is -0.645. The Bertz CT molecular complexity index is 1970. The summed E-state index contributed by atoms with van der Waals surface area (Å²) in [7, 11) is 0. The summed E-state index contributed by atoms with van der Waals surface area (Å²) >= 11 is 0. The second kappa shape index (κ2) is 18.3. The van der Waals surface area contributed by atoms with Crippen LogP contribution >= 0.6 is 0 Å². The third-order valence-electron chi connectivity index (χ3n) is 8.22. The fourth-order valence-electron chi connectivity index (χ4n) is 5.03. The Kier molecular flexibility index (Phi) is 14.9. The third kappa shape index (κ3) is 12.4. The summed E-state index contributed by atoms with van der Waals surface area (Å²) < 4.78 is 79.5. The van der Waals surface area contributed by atoms with E-state index in [9.17, 15) is 26.3 Å². The molecule has 6 rings (SSSR count). The summed E-state index contributed by atoms with van der Waals surface area (Å²) in [6.45, 7) is 18.6. The third-order valence-corrected chi connectivity index (χ3v) is 8.22. The van der Waals surface area contributed by atoms with Crippen LogP contribution in [0.1, 0.15) is 79.0 Å². The van der Waals surface area contributed by atoms with Crippen LogP contribution in [0.25, 0.3) is 33.8 Å². The number of nitrogens with zero attached hydrogens (tertiary/aromatic N) is 3. The van der Waals surface area contributed by atoms with Gasteiger partial charge < -0.3 is 15.0 Å². The number of benzene rings is 3. The van der Waals surface area contributed by atoms with Gasteiger partial charge in [0.15, 0.2) is 0 Å². The second-order valence-electron chi connectivity index (χ2n) is 15.7. The molecule has 6 aromatic rings. The maximum atomic E-state index is 13.7. The number of pyridine rings is 3. The van der Waals surface area contributed by atoms with E-state index in [1.165, 1.54) is 0 Å². The molecule has 3 heterocycles. The zero-order chi connectivity index (χ0) is 40.0. The number of hydrogen-bond acceptors (Lipinski definition) is 3. The molecule has 3 nitrogen and oxygen atoms in total. The van der Waals surface area contributed by atoms with E-state index in [2.05, 4.69) is 95.5 Å². The molecular weight excluding hydrogens is 889 g/mol. The summed E-state index contributed by atoms with van der Waals surface area (Å²) in [6.07, 6.45) is 4.89. The van der Waals surface area contributed by atoms with E-state index in [0.717, 1.165) is 53.1 Å². The molecule has 10 heteroatoms. The first kappa shape index (κ1) is 44.7. The van der Waals surface area contributed by atoms with Crippen LogP contribution in [-0.2, 0) is 36.4 Å². The minimum absolute atomic E-state index is 0. The van der Waals surface area contributed by atoms with E-state index in [1.54, 1.807) is 18.6 Å². The number of halogens is 6. The zero-order valence-electron chi connectivity index (χ0n) is 32.1. The molecule has 0 fully saturated rings. The van der Waals surface area contributed by atoms with Gasteiger partial charge in [-0.3, -0.25) is 26.3 Å². The van der Waals surface area contributed by atoms with E-state index >= 15 is 0 Å². The molecule has 0 unspecified atom stereocenters. The van der Waals surface area contributed by atoms with Gasteiger partial charge in [-0.1, -0.05) is 115 Å². The number of hydrogen-bond donors (Lipinski definition) is 0. The van der Waals surface area contributed by atoms with Gasteiger partial charge in [-0.05, 0) is 68.2 Å². The predicted molar refractivity (Wildman–Crippen MR) is 201 cm³/mol. The minimum Gasteiger partial charge on any atom is -0.305 e. The molecule has 0 aliphatic heterocycles. The number of aromatic nitrogens is 3. The van der Waals surface area contributed by atoms with Crippen LogP contribution in [0.2, 0.25) is 0 Å². The van der Waals surface area contributed by atoms with Gasteiger partial charge in [0.1, 0.15) is 0 Å². The first-order valence-corrected chi connectivity index (χ1v) is 17.1. The van der Waals surface area contributed by atoms with E-state index in [1.807, 2.05) is 36.4 Å². The molecule has 0 atom stereocenters. The van der Waals surface area contributed by atoms with Crippen molar-refractivity contribution in [1.82, 2.24) is 15.0 Å². The Morgan fingerprint density at radius 1 is 0.400 bits per heavy atom. The smallest absolute Gasteiger partial charge is 0.305 e. The van der Waals surface area contributed by atoms with E-state index in [0.29, 0.717) is 17.1 Å². The molecule has 0 bridgehead atoms. The van der Waals surface area contributed by atoms with Gasteiger partial charge in [-0.15, -0.1) is 36.4 Å². The SMILES string of the molecule is CC(C)(C)c1ccnc(-c2[c-]cc(F)cc2F)c1.CC(C)(C)c1ccnc(-c2[c-]cc(F)cc2F)c1.CC(C)(C)c1ccnc(-c2[c-]cc(F)cc2F)c1.[Ir+3]. The first-order valence-electron chi connectivity index (χ1n) is 17.1. The van der Waals surface area contributed by atoms with Crippen molar-refractivity contribution in [2.75, 3.05) is 0 Å². The van der Waals surface area contributed by atoms with E-state index in [4.69, 9.17) is 0 Å². The Labute approximate surface area is 333 Å². The van der Waals surface area contributed by atoms with E-state index < -0.39 is 34.9 Å². The van der Waals surface area contributed by atoms with Crippen molar-refractivity contribution in [3.63, 3.8) is 0 Å². The standard InChI is InChI=1S/3C15H14F2N.Ir/c3*1-15(2,3)10-6-7-18-14(8-10)12-5-4-11(16)9-13(12)17;/h3*4,6-9H,1-3H3;/q3*-1;+3. The van der Waals surface area contributed by atoms with Crippen molar-refractivity contribution in [2.24, 2.45) is 0 Å². The molecule has 0 amide bonds. The summed E-state index contributed by atoms with van der Waals surface area (Å²) in [5.74, 6) is -3.84. The van der Waals surface area contributed by atoms with Crippen LogP contribution in [0.3, 0.4) is 0 Å². The first-order chi connectivity index (χ1) is 25.1. The topological polar surface area (TPSA) is 38.7 Å². The average Bonchev–Trinajstić information content (AvgIpc) is 3.08. The molecule has 0 saturated heterocycles. The van der Waals surface area contributed by atoms with Crippen molar-refractivity contribution in [2.45, 2.75) is 78.6 Å². The Morgan fingerprint density at radius 3 is 0.836 bits per heavy atom. The van der Waals surface area contributed by atoms with Gasteiger partial charge in [0.2, 0.25) is 0 Å². The largest absolute Gasteiger partial charge is 3.00 e. The van der Waals surface area contributed by atoms with Gasteiger partial charge in [0, 0.05) is 53.5 Å². The molecular formula is C45H42F6IrN3.